The first-order chi connectivity index (χ1) is 7.23. The lowest BCUT2D eigenvalue weighted by atomic mass is 10.0. The fourth-order valence-corrected chi connectivity index (χ4v) is 2.70. The Morgan fingerprint density at radius 2 is 2.19 bits per heavy atom. The van der Waals surface area contributed by atoms with Crippen molar-refractivity contribution in [3.63, 3.8) is 0 Å². The number of carbonyl (C=O) groups is 1. The molecule has 0 saturated heterocycles. The van der Waals surface area contributed by atoms with Crippen molar-refractivity contribution in [2.75, 3.05) is 0 Å². The Balaban J connectivity index is 2.85. The average molecular weight is 246 g/mol. The van der Waals surface area contributed by atoms with E-state index in [1.54, 1.807) is 0 Å². The summed E-state index contributed by atoms with van der Waals surface area (Å²) in [5.41, 5.74) is -1.03. The number of sulfonamides is 1. The number of nitrogens with one attached hydrogen (secondary N) is 2. The number of H-pyrrole nitrogens is 1. The molecule has 0 fully saturated rings. The van der Waals surface area contributed by atoms with Crippen molar-refractivity contribution in [2.45, 2.75) is 30.7 Å². The van der Waals surface area contributed by atoms with Crippen LogP contribution in [0.5, 0.6) is 0 Å². The van der Waals surface area contributed by atoms with Crippen LogP contribution in [0.15, 0.2) is 23.4 Å². The molecule has 0 unspecified atom stereocenters. The Bertz CT molecular complexity index is 462. The average Bonchev–Trinajstić information content (AvgIpc) is 2.48. The zero-order valence-corrected chi connectivity index (χ0v) is 9.84. The Labute approximate surface area is 93.7 Å². The zero-order chi connectivity index (χ0) is 12.4. The number of hydrogen-bond donors (Lipinski definition) is 3. The van der Waals surface area contributed by atoms with Crippen molar-refractivity contribution >= 4 is 16.0 Å². The number of aliphatic carboxylic acids is 1. The number of aromatic nitrogens is 1. The number of rotatable bonds is 5. The predicted octanol–water partition coefficient (Wildman–Crippen LogP) is 0.546. The number of hydrogen-bond acceptors (Lipinski definition) is 3. The highest BCUT2D eigenvalue weighted by molar-refractivity contribution is 7.89. The summed E-state index contributed by atoms with van der Waals surface area (Å²) in [6, 6.07) is 1.40. The predicted molar refractivity (Wildman–Crippen MR) is 57.4 cm³/mol. The third kappa shape index (κ3) is 3.35. The second-order valence-corrected chi connectivity index (χ2v) is 5.79. The van der Waals surface area contributed by atoms with E-state index in [-0.39, 0.29) is 11.3 Å². The van der Waals surface area contributed by atoms with Crippen molar-refractivity contribution in [2.24, 2.45) is 0 Å². The van der Waals surface area contributed by atoms with Crippen LogP contribution in [0.1, 0.15) is 20.3 Å². The van der Waals surface area contributed by atoms with E-state index < -0.39 is 21.5 Å². The smallest absolute Gasteiger partial charge is 0.305 e. The molecule has 0 radical (unpaired) electrons. The highest BCUT2D eigenvalue weighted by Gasteiger charge is 2.28. The van der Waals surface area contributed by atoms with Gasteiger partial charge < -0.3 is 10.1 Å². The van der Waals surface area contributed by atoms with E-state index in [4.69, 9.17) is 5.11 Å². The van der Waals surface area contributed by atoms with Gasteiger partial charge in [-0.1, -0.05) is 0 Å². The fourth-order valence-electron chi connectivity index (χ4n) is 1.31. The molecule has 0 aliphatic heterocycles. The van der Waals surface area contributed by atoms with Crippen LogP contribution in [0.2, 0.25) is 0 Å². The maximum atomic E-state index is 11.8. The normalized spacial score (nSPS) is 12.6. The van der Waals surface area contributed by atoms with Crippen LogP contribution in [0.3, 0.4) is 0 Å². The standard InChI is InChI=1S/C9H14N2O4S/c1-9(2,5-8(12)13)11-16(14,15)7-3-4-10-6-7/h3-4,6,10-11H,5H2,1-2H3,(H,12,13). The molecule has 0 saturated carbocycles. The number of aromatic amines is 1. The van der Waals surface area contributed by atoms with Gasteiger partial charge in [0.15, 0.2) is 0 Å². The lowest BCUT2D eigenvalue weighted by Crippen LogP contribution is -2.44. The highest BCUT2D eigenvalue weighted by atomic mass is 32.2. The van der Waals surface area contributed by atoms with Crippen molar-refractivity contribution < 1.29 is 18.3 Å². The van der Waals surface area contributed by atoms with Gasteiger partial charge >= 0.3 is 5.97 Å². The summed E-state index contributed by atoms with van der Waals surface area (Å²) in [6.07, 6.45) is 2.54. The zero-order valence-electron chi connectivity index (χ0n) is 9.02. The summed E-state index contributed by atoms with van der Waals surface area (Å²) < 4.78 is 25.9. The van der Waals surface area contributed by atoms with Crippen LogP contribution >= 0.6 is 0 Å². The monoisotopic (exact) mass is 246 g/mol. The third-order valence-electron chi connectivity index (χ3n) is 1.88. The molecule has 0 aliphatic carbocycles. The molecule has 1 aromatic rings. The van der Waals surface area contributed by atoms with Crippen molar-refractivity contribution in [3.8, 4) is 0 Å². The molecule has 1 heterocycles. The van der Waals surface area contributed by atoms with Gasteiger partial charge in [0.1, 0.15) is 0 Å². The minimum Gasteiger partial charge on any atom is -0.481 e. The van der Waals surface area contributed by atoms with Crippen molar-refractivity contribution in [3.05, 3.63) is 18.5 Å². The van der Waals surface area contributed by atoms with Crippen LogP contribution in [0.4, 0.5) is 0 Å². The second-order valence-electron chi connectivity index (χ2n) is 4.11. The Kier molecular flexibility index (Phi) is 3.39. The first kappa shape index (κ1) is 12.7. The minimum absolute atomic E-state index is 0.0889. The van der Waals surface area contributed by atoms with Gasteiger partial charge in [-0.25, -0.2) is 13.1 Å². The molecule has 1 aromatic heterocycles. The molecule has 6 nitrogen and oxygen atoms in total. The van der Waals surface area contributed by atoms with Gasteiger partial charge in [-0.2, -0.15) is 0 Å². The molecule has 3 N–H and O–H groups in total. The van der Waals surface area contributed by atoms with Gasteiger partial charge in [0.2, 0.25) is 10.0 Å². The quantitative estimate of drug-likeness (QED) is 0.706. The van der Waals surface area contributed by atoms with E-state index in [0.29, 0.717) is 0 Å². The maximum absolute atomic E-state index is 11.8. The first-order valence-corrected chi connectivity index (χ1v) is 6.10. The van der Waals surface area contributed by atoms with E-state index in [1.807, 2.05) is 0 Å². The summed E-state index contributed by atoms with van der Waals surface area (Å²) >= 11 is 0. The van der Waals surface area contributed by atoms with E-state index in [9.17, 15) is 13.2 Å². The van der Waals surface area contributed by atoms with E-state index >= 15 is 0 Å². The summed E-state index contributed by atoms with van der Waals surface area (Å²) in [5, 5.41) is 8.64. The Morgan fingerprint density at radius 1 is 1.56 bits per heavy atom. The third-order valence-corrected chi connectivity index (χ3v) is 3.58. The lowest BCUT2D eigenvalue weighted by Gasteiger charge is -2.23. The fraction of sp³-hybridized carbons (Fsp3) is 0.444. The van der Waals surface area contributed by atoms with Gasteiger partial charge in [0.05, 0.1) is 11.3 Å². The molecule has 0 bridgehead atoms. The summed E-state index contributed by atoms with van der Waals surface area (Å²) in [4.78, 5) is 13.3. The van der Waals surface area contributed by atoms with Gasteiger partial charge in [-0.05, 0) is 19.9 Å². The molecule has 0 aromatic carbocycles. The topological polar surface area (TPSA) is 99.3 Å². The van der Waals surface area contributed by atoms with Gasteiger partial charge in [0, 0.05) is 17.9 Å². The summed E-state index contributed by atoms with van der Waals surface area (Å²) in [6.45, 7) is 3.04. The van der Waals surface area contributed by atoms with Crippen LogP contribution in [-0.4, -0.2) is 30.0 Å². The van der Waals surface area contributed by atoms with Crippen LogP contribution in [0.25, 0.3) is 0 Å². The Hall–Kier alpha value is -1.34. The summed E-state index contributed by atoms with van der Waals surface area (Å²) in [7, 11) is -3.66. The van der Waals surface area contributed by atoms with Crippen molar-refractivity contribution in [1.82, 2.24) is 9.71 Å². The van der Waals surface area contributed by atoms with Gasteiger partial charge in [-0.3, -0.25) is 4.79 Å². The largest absolute Gasteiger partial charge is 0.481 e. The first-order valence-electron chi connectivity index (χ1n) is 4.61. The van der Waals surface area contributed by atoms with E-state index in [1.165, 1.54) is 32.3 Å². The molecule has 0 aliphatic rings. The lowest BCUT2D eigenvalue weighted by molar-refractivity contribution is -0.138. The van der Waals surface area contributed by atoms with Gasteiger partial charge in [-0.15, -0.1) is 0 Å². The van der Waals surface area contributed by atoms with Crippen molar-refractivity contribution in [1.29, 1.82) is 0 Å². The van der Waals surface area contributed by atoms with Crippen LogP contribution in [0, 0.1) is 0 Å². The molecular formula is C9H14N2O4S. The molecule has 1 rings (SSSR count). The minimum atomic E-state index is -3.66. The molecule has 0 spiro atoms. The van der Waals surface area contributed by atoms with Crippen LogP contribution < -0.4 is 4.72 Å². The molecule has 90 valence electrons. The van der Waals surface area contributed by atoms with E-state index in [0.717, 1.165) is 0 Å². The van der Waals surface area contributed by atoms with Gasteiger partial charge in [0.25, 0.3) is 0 Å². The number of carboxylic acid groups (broad SMARTS) is 1. The summed E-state index contributed by atoms with van der Waals surface area (Å²) in [5.74, 6) is -1.05. The maximum Gasteiger partial charge on any atom is 0.305 e. The Morgan fingerprint density at radius 3 is 2.62 bits per heavy atom. The molecule has 7 heteroatoms. The SMILES string of the molecule is CC(C)(CC(=O)O)NS(=O)(=O)c1cc[nH]c1. The highest BCUT2D eigenvalue weighted by Crippen LogP contribution is 2.14. The molecular weight excluding hydrogens is 232 g/mol. The van der Waals surface area contributed by atoms with Crippen LogP contribution in [-0.2, 0) is 14.8 Å². The molecule has 0 amide bonds. The molecule has 16 heavy (non-hydrogen) atoms. The number of carboxylic acids is 1. The molecule has 0 atom stereocenters. The second kappa shape index (κ2) is 4.26. The van der Waals surface area contributed by atoms with E-state index in [2.05, 4.69) is 9.71 Å².